The van der Waals surface area contributed by atoms with Crippen LogP contribution in [-0.2, 0) is 4.79 Å². The first kappa shape index (κ1) is 23.8. The number of pyridine rings is 1. The molecule has 180 valence electrons. The van der Waals surface area contributed by atoms with E-state index in [2.05, 4.69) is 26.8 Å². The van der Waals surface area contributed by atoms with Gasteiger partial charge in [0, 0.05) is 25.2 Å². The van der Waals surface area contributed by atoms with Gasteiger partial charge in [-0.05, 0) is 44.0 Å². The van der Waals surface area contributed by atoms with Crippen molar-refractivity contribution in [1.29, 1.82) is 5.41 Å². The molecule has 1 aliphatic heterocycles. The molecular formula is C25H26FN7O2. The number of benzene rings is 1. The maximum atomic E-state index is 15.0. The number of hydrogen-bond donors (Lipinski definition) is 3. The number of nitrogen functional groups attached to an aromatic ring is 1. The third-order valence-corrected chi connectivity index (χ3v) is 5.71. The summed E-state index contributed by atoms with van der Waals surface area (Å²) in [5.41, 5.74) is 7.02. The second-order valence-corrected chi connectivity index (χ2v) is 8.23. The van der Waals surface area contributed by atoms with Crippen molar-refractivity contribution in [3.05, 3.63) is 78.0 Å². The second-order valence-electron chi connectivity index (χ2n) is 8.23. The largest absolute Gasteiger partial charge is 0.439 e. The van der Waals surface area contributed by atoms with Crippen LogP contribution >= 0.6 is 0 Å². The van der Waals surface area contributed by atoms with Gasteiger partial charge in [-0.1, -0.05) is 24.3 Å². The highest BCUT2D eigenvalue weighted by Crippen LogP contribution is 2.27. The van der Waals surface area contributed by atoms with E-state index in [0.717, 1.165) is 18.4 Å². The van der Waals surface area contributed by atoms with Crippen LogP contribution in [0.1, 0.15) is 29.5 Å². The summed E-state index contributed by atoms with van der Waals surface area (Å²) in [6.45, 7) is 6.59. The molecule has 0 bridgehead atoms. The Morgan fingerprint density at radius 1 is 1.29 bits per heavy atom. The zero-order valence-corrected chi connectivity index (χ0v) is 19.3. The van der Waals surface area contributed by atoms with E-state index in [-0.39, 0.29) is 40.5 Å². The van der Waals surface area contributed by atoms with E-state index in [1.165, 1.54) is 24.5 Å². The molecule has 1 amide bonds. The Labute approximate surface area is 202 Å². The second kappa shape index (κ2) is 10.3. The van der Waals surface area contributed by atoms with Crippen molar-refractivity contribution in [1.82, 2.24) is 19.9 Å². The fourth-order valence-corrected chi connectivity index (χ4v) is 3.90. The fraction of sp³-hybridized carbons (Fsp3) is 0.240. The zero-order chi connectivity index (χ0) is 24.9. The predicted molar refractivity (Wildman–Crippen MR) is 131 cm³/mol. The molecule has 3 aromatic rings. The van der Waals surface area contributed by atoms with Crippen LogP contribution in [0.15, 0.2) is 55.4 Å². The average molecular weight is 476 g/mol. The molecule has 0 saturated carbocycles. The molecule has 3 heterocycles. The highest BCUT2D eigenvalue weighted by atomic mass is 19.1. The Bertz CT molecular complexity index is 1260. The molecule has 1 fully saturated rings. The monoisotopic (exact) mass is 475 g/mol. The number of carbonyl (C=O) groups is 1. The van der Waals surface area contributed by atoms with Crippen LogP contribution in [0.2, 0.25) is 0 Å². The summed E-state index contributed by atoms with van der Waals surface area (Å²) in [7, 11) is 0. The molecule has 1 saturated heterocycles. The van der Waals surface area contributed by atoms with Crippen molar-refractivity contribution in [2.45, 2.75) is 25.8 Å². The molecule has 4 N–H and O–H groups in total. The van der Waals surface area contributed by atoms with E-state index in [9.17, 15) is 9.18 Å². The number of nitrogens with one attached hydrogen (secondary N) is 2. The number of amides is 1. The Morgan fingerprint density at radius 2 is 2.06 bits per heavy atom. The number of aromatic nitrogens is 3. The lowest BCUT2D eigenvalue weighted by molar-refractivity contribution is -0.127. The number of likely N-dealkylation sites (tertiary alicyclic amines) is 1. The van der Waals surface area contributed by atoms with Gasteiger partial charge in [-0.15, -0.1) is 0 Å². The number of ether oxygens (including phenoxy) is 1. The van der Waals surface area contributed by atoms with Gasteiger partial charge in [-0.2, -0.15) is 9.37 Å². The normalized spacial score (nSPS) is 15.4. The Balaban J connectivity index is 1.56. The molecule has 0 aliphatic carbocycles. The summed E-state index contributed by atoms with van der Waals surface area (Å²) in [5.74, 6) is -0.120. The van der Waals surface area contributed by atoms with Gasteiger partial charge in [0.1, 0.15) is 23.7 Å². The van der Waals surface area contributed by atoms with Gasteiger partial charge in [0.25, 0.3) is 0 Å². The van der Waals surface area contributed by atoms with Gasteiger partial charge >= 0.3 is 0 Å². The summed E-state index contributed by atoms with van der Waals surface area (Å²) in [6, 6.07) is 10.1. The third-order valence-electron chi connectivity index (χ3n) is 5.71. The third kappa shape index (κ3) is 5.43. The summed E-state index contributed by atoms with van der Waals surface area (Å²) in [6.07, 6.45) is 4.15. The summed E-state index contributed by atoms with van der Waals surface area (Å²) < 4.78 is 20.6. The van der Waals surface area contributed by atoms with Crippen LogP contribution in [0.5, 0.6) is 11.6 Å². The lowest BCUT2D eigenvalue weighted by Crippen LogP contribution is -2.44. The highest BCUT2D eigenvalue weighted by Gasteiger charge is 2.26. The zero-order valence-electron chi connectivity index (χ0n) is 19.3. The number of piperidine rings is 1. The molecule has 0 radical (unpaired) electrons. The predicted octanol–water partition coefficient (Wildman–Crippen LogP) is 3.70. The summed E-state index contributed by atoms with van der Waals surface area (Å²) >= 11 is 0. The van der Waals surface area contributed by atoms with E-state index < -0.39 is 5.95 Å². The Hall–Kier alpha value is -4.34. The number of hydrogen-bond acceptors (Lipinski definition) is 8. The minimum atomic E-state index is -0.880. The first-order chi connectivity index (χ1) is 16.9. The standard InChI is InChI=1S/C25H26FN7O2/c1-3-20(34)33-12-4-5-16(13-33)31-25-21(24(28)29-14-30-25)22(27)18-10-11-19(32-23(18)26)35-17-8-6-15(2)7-9-17/h3,6-11,14,16,27H,1,4-5,12-13H2,2H3,(H3,28,29,30,31)/t16-/m1/s1. The number of anilines is 2. The van der Waals surface area contributed by atoms with Gasteiger partial charge in [-0.25, -0.2) is 9.97 Å². The number of halogens is 1. The molecule has 4 rings (SSSR count). The highest BCUT2D eigenvalue weighted by molar-refractivity contribution is 6.16. The maximum absolute atomic E-state index is 15.0. The Kier molecular flexibility index (Phi) is 7.00. The molecule has 35 heavy (non-hydrogen) atoms. The van der Waals surface area contributed by atoms with Gasteiger partial charge in [-0.3, -0.25) is 10.2 Å². The van der Waals surface area contributed by atoms with Crippen molar-refractivity contribution < 1.29 is 13.9 Å². The van der Waals surface area contributed by atoms with Crippen LogP contribution in [0.25, 0.3) is 0 Å². The molecule has 10 heteroatoms. The number of nitrogens with two attached hydrogens (primary N) is 1. The minimum Gasteiger partial charge on any atom is -0.439 e. The molecule has 1 aliphatic rings. The lowest BCUT2D eigenvalue weighted by atomic mass is 10.0. The lowest BCUT2D eigenvalue weighted by Gasteiger charge is -2.33. The van der Waals surface area contributed by atoms with Gasteiger partial charge < -0.3 is 20.7 Å². The summed E-state index contributed by atoms with van der Waals surface area (Å²) in [5, 5.41) is 11.9. The minimum absolute atomic E-state index is 0.0294. The van der Waals surface area contributed by atoms with Crippen molar-refractivity contribution >= 4 is 23.3 Å². The molecule has 2 aromatic heterocycles. The molecular weight excluding hydrogens is 449 g/mol. The first-order valence-electron chi connectivity index (χ1n) is 11.1. The van der Waals surface area contributed by atoms with Crippen LogP contribution in [0.3, 0.4) is 0 Å². The molecule has 0 spiro atoms. The number of nitrogens with zero attached hydrogens (tertiary/aromatic N) is 4. The van der Waals surface area contributed by atoms with E-state index in [1.54, 1.807) is 17.0 Å². The van der Waals surface area contributed by atoms with Crippen molar-refractivity contribution in [2.24, 2.45) is 0 Å². The van der Waals surface area contributed by atoms with Gasteiger partial charge in [0.15, 0.2) is 0 Å². The number of rotatable bonds is 7. The molecule has 1 aromatic carbocycles. The quantitative estimate of drug-likeness (QED) is 0.270. The van der Waals surface area contributed by atoms with Crippen molar-refractivity contribution in [2.75, 3.05) is 24.1 Å². The van der Waals surface area contributed by atoms with Gasteiger partial charge in [0.2, 0.25) is 17.7 Å². The maximum Gasteiger partial charge on any atom is 0.246 e. The van der Waals surface area contributed by atoms with Gasteiger partial charge in [0.05, 0.1) is 16.8 Å². The number of carbonyl (C=O) groups excluding carboxylic acids is 1. The Morgan fingerprint density at radius 3 is 2.77 bits per heavy atom. The van der Waals surface area contributed by atoms with E-state index in [1.807, 2.05) is 19.1 Å². The molecule has 9 nitrogen and oxygen atoms in total. The van der Waals surface area contributed by atoms with E-state index >= 15 is 0 Å². The average Bonchev–Trinajstić information content (AvgIpc) is 2.85. The number of aryl methyl sites for hydroxylation is 1. The smallest absolute Gasteiger partial charge is 0.246 e. The van der Waals surface area contributed by atoms with Crippen molar-refractivity contribution in [3.63, 3.8) is 0 Å². The molecule has 0 unspecified atom stereocenters. The van der Waals surface area contributed by atoms with Crippen LogP contribution < -0.4 is 15.8 Å². The van der Waals surface area contributed by atoms with Crippen molar-refractivity contribution in [3.8, 4) is 11.6 Å². The first-order valence-corrected chi connectivity index (χ1v) is 11.1. The topological polar surface area (TPSA) is 130 Å². The molecule has 1 atom stereocenters. The van der Waals surface area contributed by atoms with Crippen LogP contribution in [-0.4, -0.2) is 50.6 Å². The fourth-order valence-electron chi connectivity index (χ4n) is 3.90. The summed E-state index contributed by atoms with van der Waals surface area (Å²) in [4.78, 5) is 25.8. The SMILES string of the molecule is C=CC(=O)N1CCC[C@@H](Nc2ncnc(N)c2C(=N)c2ccc(Oc3ccc(C)cc3)nc2F)C1. The van der Waals surface area contributed by atoms with Crippen LogP contribution in [0, 0.1) is 18.3 Å². The van der Waals surface area contributed by atoms with Crippen LogP contribution in [0.4, 0.5) is 16.0 Å². The van der Waals surface area contributed by atoms with E-state index in [0.29, 0.717) is 24.7 Å². The van der Waals surface area contributed by atoms with E-state index in [4.69, 9.17) is 15.9 Å².